The van der Waals surface area contributed by atoms with Crippen molar-refractivity contribution in [3.8, 4) is 5.75 Å². The highest BCUT2D eigenvalue weighted by molar-refractivity contribution is 5.99. The first-order chi connectivity index (χ1) is 18.9. The van der Waals surface area contributed by atoms with E-state index in [0.717, 1.165) is 5.69 Å². The van der Waals surface area contributed by atoms with E-state index < -0.39 is 5.82 Å². The summed E-state index contributed by atoms with van der Waals surface area (Å²) in [4.78, 5) is 43.9. The minimum atomic E-state index is -0.418. The van der Waals surface area contributed by atoms with E-state index >= 15 is 0 Å². The number of nitrogens with zero attached hydrogens (tertiary/aromatic N) is 3. The number of halogens is 1. The quantitative estimate of drug-likeness (QED) is 0.445. The van der Waals surface area contributed by atoms with Gasteiger partial charge >= 0.3 is 0 Å². The maximum absolute atomic E-state index is 13.2. The number of benzene rings is 3. The van der Waals surface area contributed by atoms with Gasteiger partial charge in [-0.05, 0) is 79.2 Å². The first kappa shape index (κ1) is 27.6. The van der Waals surface area contributed by atoms with Gasteiger partial charge in [-0.25, -0.2) is 4.39 Å². The Balaban J connectivity index is 1.29. The van der Waals surface area contributed by atoms with Crippen LogP contribution in [0.5, 0.6) is 5.75 Å². The predicted octanol–water partition coefficient (Wildman–Crippen LogP) is 4.29. The number of carbonyl (C=O) groups excluding carboxylic acids is 3. The molecule has 3 aromatic rings. The number of hydrogen-bond donors (Lipinski definition) is 1. The molecule has 0 unspecified atom stereocenters. The summed E-state index contributed by atoms with van der Waals surface area (Å²) < 4.78 is 18.4. The van der Waals surface area contributed by atoms with Crippen LogP contribution in [0.15, 0.2) is 72.8 Å². The molecule has 1 fully saturated rings. The van der Waals surface area contributed by atoms with Gasteiger partial charge in [-0.15, -0.1) is 0 Å². The molecule has 0 atom stereocenters. The maximum atomic E-state index is 13.2. The Labute approximate surface area is 228 Å². The number of amides is 3. The number of piperazine rings is 1. The Morgan fingerprint density at radius 1 is 0.872 bits per heavy atom. The summed E-state index contributed by atoms with van der Waals surface area (Å²) in [5, 5.41) is 2.85. The third-order valence-electron chi connectivity index (χ3n) is 6.63. The van der Waals surface area contributed by atoms with Gasteiger partial charge in [0.05, 0.1) is 7.11 Å². The van der Waals surface area contributed by atoms with Gasteiger partial charge in [0.2, 0.25) is 5.91 Å². The lowest BCUT2D eigenvalue weighted by Gasteiger charge is -2.36. The molecule has 0 bridgehead atoms. The van der Waals surface area contributed by atoms with Crippen LogP contribution in [0.4, 0.5) is 15.8 Å². The third kappa shape index (κ3) is 7.13. The number of hydrogen-bond acceptors (Lipinski definition) is 5. The van der Waals surface area contributed by atoms with E-state index in [4.69, 9.17) is 4.74 Å². The van der Waals surface area contributed by atoms with Gasteiger partial charge in [-0.1, -0.05) is 6.92 Å². The number of carbonyl (C=O) groups is 3. The Hall–Kier alpha value is -4.40. The van der Waals surface area contributed by atoms with Crippen molar-refractivity contribution >= 4 is 29.1 Å². The SMILES string of the molecule is CCCN(CC(=O)Nc1ccc(N2CCN(C(=O)c3ccc(OC)cc3)CC2)cc1)C(=O)c1ccc(F)cc1. The Bertz CT molecular complexity index is 1270. The second-order valence-corrected chi connectivity index (χ2v) is 9.34. The van der Waals surface area contributed by atoms with Crippen LogP contribution in [0.1, 0.15) is 34.1 Å². The van der Waals surface area contributed by atoms with Crippen molar-refractivity contribution < 1.29 is 23.5 Å². The standard InChI is InChI=1S/C30H33FN4O4/c1-3-16-35(30(38)22-4-8-24(31)9-5-22)21-28(36)32-25-10-12-26(13-11-25)33-17-19-34(20-18-33)29(37)23-6-14-27(39-2)15-7-23/h4-15H,3,16-21H2,1-2H3,(H,32,36). The highest BCUT2D eigenvalue weighted by Crippen LogP contribution is 2.21. The number of anilines is 2. The van der Waals surface area contributed by atoms with E-state index in [0.29, 0.717) is 61.7 Å². The average Bonchev–Trinajstić information content (AvgIpc) is 2.97. The molecule has 4 rings (SSSR count). The zero-order valence-corrected chi connectivity index (χ0v) is 22.2. The molecule has 0 radical (unpaired) electrons. The van der Waals surface area contributed by atoms with Crippen LogP contribution in [0.2, 0.25) is 0 Å². The molecular formula is C30H33FN4O4. The highest BCUT2D eigenvalue weighted by atomic mass is 19.1. The van der Waals surface area contributed by atoms with Crippen molar-refractivity contribution in [1.82, 2.24) is 9.80 Å². The predicted molar refractivity (Wildman–Crippen MR) is 149 cm³/mol. The molecule has 0 saturated carbocycles. The monoisotopic (exact) mass is 532 g/mol. The fourth-order valence-corrected chi connectivity index (χ4v) is 4.51. The summed E-state index contributed by atoms with van der Waals surface area (Å²) in [5.41, 5.74) is 2.61. The van der Waals surface area contributed by atoms with Crippen molar-refractivity contribution in [3.05, 3.63) is 89.7 Å². The Morgan fingerprint density at radius 2 is 1.49 bits per heavy atom. The second-order valence-electron chi connectivity index (χ2n) is 9.34. The molecule has 39 heavy (non-hydrogen) atoms. The van der Waals surface area contributed by atoms with Crippen LogP contribution in [-0.4, -0.2) is 73.9 Å². The third-order valence-corrected chi connectivity index (χ3v) is 6.63. The summed E-state index contributed by atoms with van der Waals surface area (Å²) in [7, 11) is 1.60. The number of rotatable bonds is 9. The molecule has 8 nitrogen and oxygen atoms in total. The molecular weight excluding hydrogens is 499 g/mol. The molecule has 204 valence electrons. The summed E-state index contributed by atoms with van der Waals surface area (Å²) in [6.45, 7) is 4.86. The molecule has 3 amide bonds. The topological polar surface area (TPSA) is 82.2 Å². The van der Waals surface area contributed by atoms with Crippen LogP contribution in [-0.2, 0) is 4.79 Å². The molecule has 1 N–H and O–H groups in total. The Morgan fingerprint density at radius 3 is 2.08 bits per heavy atom. The van der Waals surface area contributed by atoms with Gasteiger partial charge in [0.1, 0.15) is 18.1 Å². The summed E-state index contributed by atoms with van der Waals surface area (Å²) in [5.74, 6) is -0.318. The van der Waals surface area contributed by atoms with Gasteiger partial charge in [0, 0.05) is 55.2 Å². The van der Waals surface area contributed by atoms with Gasteiger partial charge in [0.15, 0.2) is 0 Å². The van der Waals surface area contributed by atoms with Crippen molar-refractivity contribution in [1.29, 1.82) is 0 Å². The van der Waals surface area contributed by atoms with Crippen LogP contribution in [0.3, 0.4) is 0 Å². The van der Waals surface area contributed by atoms with Crippen molar-refractivity contribution in [3.63, 3.8) is 0 Å². The number of methoxy groups -OCH3 is 1. The van der Waals surface area contributed by atoms with Gasteiger partial charge in [-0.3, -0.25) is 14.4 Å². The molecule has 0 aliphatic carbocycles. The van der Waals surface area contributed by atoms with Crippen LogP contribution >= 0.6 is 0 Å². The van der Waals surface area contributed by atoms with Gasteiger partial charge in [-0.2, -0.15) is 0 Å². The molecule has 1 saturated heterocycles. The normalized spacial score (nSPS) is 13.1. The van der Waals surface area contributed by atoms with Crippen LogP contribution < -0.4 is 15.0 Å². The van der Waals surface area contributed by atoms with E-state index in [-0.39, 0.29) is 24.3 Å². The average molecular weight is 533 g/mol. The Kier molecular flexibility index (Phi) is 9.14. The van der Waals surface area contributed by atoms with Crippen LogP contribution in [0.25, 0.3) is 0 Å². The van der Waals surface area contributed by atoms with E-state index in [9.17, 15) is 18.8 Å². The fraction of sp³-hybridized carbons (Fsp3) is 0.300. The lowest BCUT2D eigenvalue weighted by atomic mass is 10.1. The van der Waals surface area contributed by atoms with Gasteiger partial charge in [0.25, 0.3) is 11.8 Å². The van der Waals surface area contributed by atoms with Crippen LogP contribution in [0, 0.1) is 5.82 Å². The summed E-state index contributed by atoms with van der Waals surface area (Å²) >= 11 is 0. The van der Waals surface area contributed by atoms with E-state index in [1.54, 1.807) is 31.4 Å². The molecule has 0 spiro atoms. The first-order valence-corrected chi connectivity index (χ1v) is 13.0. The van der Waals surface area contributed by atoms with Crippen molar-refractivity contribution in [2.24, 2.45) is 0 Å². The molecule has 3 aromatic carbocycles. The minimum Gasteiger partial charge on any atom is -0.497 e. The van der Waals surface area contributed by atoms with E-state index in [2.05, 4.69) is 10.2 Å². The lowest BCUT2D eigenvalue weighted by molar-refractivity contribution is -0.116. The van der Waals surface area contributed by atoms with Crippen molar-refractivity contribution in [2.75, 3.05) is 56.6 Å². The molecule has 1 heterocycles. The highest BCUT2D eigenvalue weighted by Gasteiger charge is 2.23. The maximum Gasteiger partial charge on any atom is 0.254 e. The zero-order chi connectivity index (χ0) is 27.8. The van der Waals surface area contributed by atoms with E-state index in [1.807, 2.05) is 36.1 Å². The van der Waals surface area contributed by atoms with E-state index in [1.165, 1.54) is 29.2 Å². The molecule has 1 aliphatic heterocycles. The first-order valence-electron chi connectivity index (χ1n) is 13.0. The molecule has 0 aromatic heterocycles. The molecule has 1 aliphatic rings. The smallest absolute Gasteiger partial charge is 0.254 e. The molecule has 9 heteroatoms. The van der Waals surface area contributed by atoms with Crippen molar-refractivity contribution in [2.45, 2.75) is 13.3 Å². The second kappa shape index (κ2) is 12.9. The number of nitrogens with one attached hydrogen (secondary N) is 1. The minimum absolute atomic E-state index is 0.00499. The summed E-state index contributed by atoms with van der Waals surface area (Å²) in [6.07, 6.45) is 0.688. The zero-order valence-electron chi connectivity index (χ0n) is 22.2. The number of ether oxygens (including phenoxy) is 1. The lowest BCUT2D eigenvalue weighted by Crippen LogP contribution is -2.48. The summed E-state index contributed by atoms with van der Waals surface area (Å²) in [6, 6.07) is 20.0. The van der Waals surface area contributed by atoms with Gasteiger partial charge < -0.3 is 24.8 Å². The fourth-order valence-electron chi connectivity index (χ4n) is 4.51. The largest absolute Gasteiger partial charge is 0.497 e.